The number of rotatable bonds is 2. The highest BCUT2D eigenvalue weighted by Crippen LogP contribution is 2.35. The van der Waals surface area contributed by atoms with Crippen LogP contribution < -0.4 is 0 Å². The summed E-state index contributed by atoms with van der Waals surface area (Å²) in [4.78, 5) is 1.01. The molecule has 0 bridgehead atoms. The maximum atomic E-state index is 13.4. The molecule has 2 rings (SSSR count). The largest absolute Gasteiger partial charge is 0.207 e. The number of thiophene rings is 1. The topological polar surface area (TPSA) is 0 Å². The lowest BCUT2D eigenvalue weighted by molar-refractivity contribution is 0.616. The predicted octanol–water partition coefficient (Wildman–Crippen LogP) is 5.29. The van der Waals surface area contributed by atoms with Crippen molar-refractivity contribution >= 4 is 38.9 Å². The third-order valence-corrected chi connectivity index (χ3v) is 4.64. The van der Waals surface area contributed by atoms with Crippen LogP contribution in [0.4, 0.5) is 4.39 Å². The lowest BCUT2D eigenvalue weighted by Gasteiger charge is -2.08. The average molecular weight is 320 g/mol. The number of hydrogen-bond donors (Lipinski definition) is 0. The number of benzene rings is 1. The SMILES string of the molecule is Cc1ccc(C(Cl)c2ccc(Br)s2)cc1F. The van der Waals surface area contributed by atoms with Gasteiger partial charge in [-0.25, -0.2) is 4.39 Å². The van der Waals surface area contributed by atoms with Gasteiger partial charge in [0, 0.05) is 4.88 Å². The second kappa shape index (κ2) is 4.86. The third kappa shape index (κ3) is 2.47. The molecule has 0 N–H and O–H groups in total. The van der Waals surface area contributed by atoms with Crippen molar-refractivity contribution in [2.24, 2.45) is 0 Å². The first kappa shape index (κ1) is 12.1. The lowest BCUT2D eigenvalue weighted by atomic mass is 10.1. The quantitative estimate of drug-likeness (QED) is 0.660. The van der Waals surface area contributed by atoms with Crippen LogP contribution >= 0.6 is 38.9 Å². The van der Waals surface area contributed by atoms with Gasteiger partial charge in [-0.2, -0.15) is 0 Å². The molecule has 0 aliphatic rings. The summed E-state index contributed by atoms with van der Waals surface area (Å²) in [6, 6.07) is 9.01. The van der Waals surface area contributed by atoms with E-state index in [-0.39, 0.29) is 11.2 Å². The van der Waals surface area contributed by atoms with Gasteiger partial charge < -0.3 is 0 Å². The van der Waals surface area contributed by atoms with Crippen molar-refractivity contribution in [1.29, 1.82) is 0 Å². The molecule has 0 fully saturated rings. The van der Waals surface area contributed by atoms with Gasteiger partial charge in [0.05, 0.1) is 9.16 Å². The van der Waals surface area contributed by atoms with E-state index in [1.54, 1.807) is 24.3 Å². The van der Waals surface area contributed by atoms with Crippen molar-refractivity contribution < 1.29 is 4.39 Å². The first-order chi connectivity index (χ1) is 7.58. The zero-order valence-electron chi connectivity index (χ0n) is 8.51. The van der Waals surface area contributed by atoms with Crippen LogP contribution in [-0.2, 0) is 0 Å². The van der Waals surface area contributed by atoms with E-state index in [9.17, 15) is 4.39 Å². The molecule has 0 radical (unpaired) electrons. The minimum atomic E-state index is -0.286. The van der Waals surface area contributed by atoms with Crippen molar-refractivity contribution in [2.45, 2.75) is 12.3 Å². The molecule has 0 aliphatic heterocycles. The van der Waals surface area contributed by atoms with Crippen LogP contribution in [0.5, 0.6) is 0 Å². The van der Waals surface area contributed by atoms with Gasteiger partial charge in [-0.05, 0) is 52.2 Å². The molecular formula is C12H9BrClFS. The number of halogens is 3. The van der Waals surface area contributed by atoms with Gasteiger partial charge in [0.1, 0.15) is 5.82 Å². The van der Waals surface area contributed by atoms with Gasteiger partial charge in [0.25, 0.3) is 0 Å². The highest BCUT2D eigenvalue weighted by molar-refractivity contribution is 9.11. The molecule has 84 valence electrons. The summed E-state index contributed by atoms with van der Waals surface area (Å²) < 4.78 is 14.4. The van der Waals surface area contributed by atoms with Crippen molar-refractivity contribution in [3.63, 3.8) is 0 Å². The Hall–Kier alpha value is -0.380. The minimum absolute atomic E-state index is 0.209. The summed E-state index contributed by atoms with van der Waals surface area (Å²) in [5.41, 5.74) is 1.43. The summed E-state index contributed by atoms with van der Waals surface area (Å²) in [6.45, 7) is 1.74. The summed E-state index contributed by atoms with van der Waals surface area (Å²) >= 11 is 11.2. The predicted molar refractivity (Wildman–Crippen MR) is 70.9 cm³/mol. The van der Waals surface area contributed by atoms with Gasteiger partial charge in [0.2, 0.25) is 0 Å². The van der Waals surface area contributed by atoms with Crippen molar-refractivity contribution in [2.75, 3.05) is 0 Å². The molecule has 0 spiro atoms. The average Bonchev–Trinajstić information content (AvgIpc) is 2.68. The van der Waals surface area contributed by atoms with Crippen molar-refractivity contribution in [1.82, 2.24) is 0 Å². The molecule has 1 aromatic heterocycles. The molecule has 1 unspecified atom stereocenters. The maximum absolute atomic E-state index is 13.4. The molecular weight excluding hydrogens is 311 g/mol. The van der Waals surface area contributed by atoms with E-state index >= 15 is 0 Å². The van der Waals surface area contributed by atoms with Crippen LogP contribution in [0.25, 0.3) is 0 Å². The van der Waals surface area contributed by atoms with Gasteiger partial charge >= 0.3 is 0 Å². The highest BCUT2D eigenvalue weighted by atomic mass is 79.9. The monoisotopic (exact) mass is 318 g/mol. The second-order valence-electron chi connectivity index (χ2n) is 3.51. The van der Waals surface area contributed by atoms with Crippen LogP contribution in [0.3, 0.4) is 0 Å². The Balaban J connectivity index is 2.33. The molecule has 1 atom stereocenters. The molecule has 1 heterocycles. The fraction of sp³-hybridized carbons (Fsp3) is 0.167. The zero-order valence-corrected chi connectivity index (χ0v) is 11.7. The van der Waals surface area contributed by atoms with Crippen LogP contribution in [0.1, 0.15) is 21.4 Å². The molecule has 0 aliphatic carbocycles. The Morgan fingerprint density at radius 1 is 1.31 bits per heavy atom. The molecule has 4 heteroatoms. The van der Waals surface area contributed by atoms with Crippen LogP contribution in [0, 0.1) is 12.7 Å². The Bertz CT molecular complexity index is 509. The molecule has 0 amide bonds. The molecule has 0 saturated heterocycles. The fourth-order valence-electron chi connectivity index (χ4n) is 1.40. The third-order valence-electron chi connectivity index (χ3n) is 2.33. The van der Waals surface area contributed by atoms with Gasteiger partial charge in [-0.15, -0.1) is 22.9 Å². The van der Waals surface area contributed by atoms with E-state index in [4.69, 9.17) is 11.6 Å². The smallest absolute Gasteiger partial charge is 0.126 e. The van der Waals surface area contributed by atoms with Gasteiger partial charge in [-0.3, -0.25) is 0 Å². The maximum Gasteiger partial charge on any atom is 0.126 e. The molecule has 0 nitrogen and oxygen atoms in total. The number of aryl methyl sites for hydroxylation is 1. The van der Waals surface area contributed by atoms with E-state index in [1.807, 2.05) is 18.2 Å². The standard InChI is InChI=1S/C12H9BrClFS/c1-7-2-3-8(6-9(7)15)12(14)10-4-5-11(13)16-10/h2-6,12H,1H3. The normalized spacial score (nSPS) is 12.8. The molecule has 2 aromatic rings. The molecule has 0 saturated carbocycles. The van der Waals surface area contributed by atoms with E-state index in [0.29, 0.717) is 5.56 Å². The van der Waals surface area contributed by atoms with E-state index in [0.717, 1.165) is 14.2 Å². The Morgan fingerprint density at radius 2 is 2.06 bits per heavy atom. The molecule has 1 aromatic carbocycles. The number of alkyl halides is 1. The minimum Gasteiger partial charge on any atom is -0.207 e. The van der Waals surface area contributed by atoms with Crippen molar-refractivity contribution in [3.8, 4) is 0 Å². The van der Waals surface area contributed by atoms with E-state index in [2.05, 4.69) is 15.9 Å². The summed E-state index contributed by atoms with van der Waals surface area (Å²) in [7, 11) is 0. The van der Waals surface area contributed by atoms with E-state index in [1.165, 1.54) is 6.07 Å². The zero-order chi connectivity index (χ0) is 11.7. The molecule has 16 heavy (non-hydrogen) atoms. The van der Waals surface area contributed by atoms with Crippen molar-refractivity contribution in [3.05, 3.63) is 55.9 Å². The van der Waals surface area contributed by atoms with Crippen LogP contribution in [0.15, 0.2) is 34.1 Å². The summed E-state index contributed by atoms with van der Waals surface area (Å²) in [6.07, 6.45) is 0. The Morgan fingerprint density at radius 3 is 2.62 bits per heavy atom. The summed E-state index contributed by atoms with van der Waals surface area (Å²) in [5.74, 6) is -0.209. The first-order valence-corrected chi connectivity index (χ1v) is 6.78. The van der Waals surface area contributed by atoms with Gasteiger partial charge in [-0.1, -0.05) is 12.1 Å². The van der Waals surface area contributed by atoms with Crippen LogP contribution in [0.2, 0.25) is 0 Å². The Labute approximate surface area is 111 Å². The number of hydrogen-bond acceptors (Lipinski definition) is 1. The summed E-state index contributed by atoms with van der Waals surface area (Å²) in [5, 5.41) is -0.286. The highest BCUT2D eigenvalue weighted by Gasteiger charge is 2.14. The second-order valence-corrected chi connectivity index (χ2v) is 6.44. The van der Waals surface area contributed by atoms with Gasteiger partial charge in [0.15, 0.2) is 0 Å². The fourth-order valence-corrected chi connectivity index (χ4v) is 3.17. The lowest BCUT2D eigenvalue weighted by Crippen LogP contribution is -1.92. The first-order valence-electron chi connectivity index (χ1n) is 4.73. The van der Waals surface area contributed by atoms with E-state index < -0.39 is 0 Å². The van der Waals surface area contributed by atoms with Crippen LogP contribution in [-0.4, -0.2) is 0 Å². The Kier molecular flexibility index (Phi) is 3.67.